The zero-order valence-corrected chi connectivity index (χ0v) is 18.7. The van der Waals surface area contributed by atoms with E-state index in [4.69, 9.17) is 25.2 Å². The Hall–Kier alpha value is -1.52. The minimum Gasteiger partial charge on any atom is -0.390 e. The third kappa shape index (κ3) is 5.88. The maximum Gasteiger partial charge on any atom is 0.490 e. The predicted molar refractivity (Wildman–Crippen MR) is 104 cm³/mol. The van der Waals surface area contributed by atoms with E-state index >= 15 is 0 Å². The standard InChI is InChI=1S/C11H19N6O12P3/c1-13-11-16-8-9(12)14-4-15-10(8)17(11)7-2-5(18)6(27-7)3-26-31(22,23)29-32(24,25)28-30(19,20)21/h4-7,18H,2-3H2,1H3,(H,13,16)(H,22,23)(H,24,25)(H2,12,14,15)(H2,19,20,21). The van der Waals surface area contributed by atoms with E-state index in [2.05, 4.69) is 33.4 Å². The third-order valence-corrected chi connectivity index (χ3v) is 7.84. The van der Waals surface area contributed by atoms with E-state index in [0.717, 1.165) is 0 Å². The Balaban J connectivity index is 1.71. The Morgan fingerprint density at radius 3 is 2.53 bits per heavy atom. The normalized spacial score (nSPS) is 25.5. The topological polar surface area (TPSA) is 271 Å². The molecule has 32 heavy (non-hydrogen) atoms. The number of hydrogen-bond acceptors (Lipinski definition) is 13. The maximum absolute atomic E-state index is 11.9. The van der Waals surface area contributed by atoms with Crippen molar-refractivity contribution in [2.24, 2.45) is 0 Å². The van der Waals surface area contributed by atoms with Gasteiger partial charge in [-0.3, -0.25) is 9.09 Å². The lowest BCUT2D eigenvalue weighted by Gasteiger charge is -2.19. The summed E-state index contributed by atoms with van der Waals surface area (Å²) in [6, 6.07) is 0. The second-order valence-electron chi connectivity index (χ2n) is 6.31. The number of phosphoric acid groups is 3. The Bertz CT molecular complexity index is 1140. The lowest BCUT2D eigenvalue weighted by molar-refractivity contribution is -0.0416. The Kier molecular flexibility index (Phi) is 7.08. The van der Waals surface area contributed by atoms with Gasteiger partial charge in [0, 0.05) is 13.5 Å². The van der Waals surface area contributed by atoms with Crippen LogP contribution in [-0.4, -0.2) is 70.1 Å². The number of imidazole rings is 1. The molecule has 21 heteroatoms. The molecule has 0 bridgehead atoms. The van der Waals surface area contributed by atoms with Crippen molar-refractivity contribution in [2.75, 3.05) is 24.7 Å². The molecule has 5 atom stereocenters. The number of aliphatic hydroxyl groups is 1. The van der Waals surface area contributed by atoms with Gasteiger partial charge in [-0.2, -0.15) is 8.62 Å². The van der Waals surface area contributed by atoms with Gasteiger partial charge >= 0.3 is 23.5 Å². The van der Waals surface area contributed by atoms with Crippen LogP contribution in [-0.2, 0) is 31.6 Å². The molecule has 2 aromatic heterocycles. The molecular formula is C11H19N6O12P3. The number of aromatic nitrogens is 4. The zero-order valence-electron chi connectivity index (χ0n) is 16.0. The molecule has 5 unspecified atom stereocenters. The van der Waals surface area contributed by atoms with Crippen LogP contribution in [0.1, 0.15) is 12.6 Å². The molecule has 1 aliphatic rings. The van der Waals surface area contributed by atoms with Gasteiger partial charge in [0.05, 0.1) is 12.7 Å². The third-order valence-electron chi connectivity index (χ3n) is 4.04. The van der Waals surface area contributed by atoms with Gasteiger partial charge in [-0.25, -0.2) is 28.6 Å². The lowest BCUT2D eigenvalue weighted by Crippen LogP contribution is -2.26. The summed E-state index contributed by atoms with van der Waals surface area (Å²) in [5.74, 6) is 0.381. The fourth-order valence-corrected chi connectivity index (χ4v) is 5.90. The van der Waals surface area contributed by atoms with Crippen LogP contribution in [0.4, 0.5) is 11.8 Å². The fourth-order valence-electron chi connectivity index (χ4n) is 2.87. The fraction of sp³-hybridized carbons (Fsp3) is 0.545. The van der Waals surface area contributed by atoms with Crippen molar-refractivity contribution in [1.82, 2.24) is 19.5 Å². The summed E-state index contributed by atoms with van der Waals surface area (Å²) in [5, 5.41) is 13.1. The van der Waals surface area contributed by atoms with Crippen LogP contribution in [0.15, 0.2) is 6.33 Å². The van der Waals surface area contributed by atoms with Crippen LogP contribution in [0.5, 0.6) is 0 Å². The van der Waals surface area contributed by atoms with Gasteiger partial charge in [0.1, 0.15) is 18.7 Å². The van der Waals surface area contributed by atoms with Gasteiger partial charge in [0.25, 0.3) is 0 Å². The number of nitrogen functional groups attached to an aromatic ring is 1. The van der Waals surface area contributed by atoms with Crippen molar-refractivity contribution >= 4 is 46.4 Å². The van der Waals surface area contributed by atoms with Crippen LogP contribution < -0.4 is 11.1 Å². The van der Waals surface area contributed by atoms with Gasteiger partial charge in [-0.1, -0.05) is 0 Å². The molecular weight excluding hydrogens is 501 g/mol. The minimum absolute atomic E-state index is 0.0333. The lowest BCUT2D eigenvalue weighted by atomic mass is 10.2. The van der Waals surface area contributed by atoms with Crippen LogP contribution in [0.2, 0.25) is 0 Å². The summed E-state index contributed by atoms with van der Waals surface area (Å²) in [7, 11) is -15.0. The number of anilines is 2. The molecule has 0 spiro atoms. The van der Waals surface area contributed by atoms with E-state index < -0.39 is 48.5 Å². The first kappa shape index (κ1) is 25.1. The van der Waals surface area contributed by atoms with E-state index in [-0.39, 0.29) is 29.4 Å². The number of rotatable bonds is 9. The second kappa shape index (κ2) is 9.02. The average Bonchev–Trinajstić information content (AvgIpc) is 3.17. The van der Waals surface area contributed by atoms with Crippen LogP contribution in [0.25, 0.3) is 11.2 Å². The molecule has 1 aliphatic heterocycles. The van der Waals surface area contributed by atoms with Crippen molar-refractivity contribution < 1.29 is 56.3 Å². The zero-order chi connectivity index (χ0) is 23.9. The molecule has 2 aromatic rings. The Morgan fingerprint density at radius 1 is 1.22 bits per heavy atom. The summed E-state index contributed by atoms with van der Waals surface area (Å²) >= 11 is 0. The summed E-state index contributed by atoms with van der Waals surface area (Å²) in [6.45, 7) is -0.806. The Labute approximate surface area is 178 Å². The molecule has 0 amide bonds. The minimum atomic E-state index is -5.66. The highest BCUT2D eigenvalue weighted by Gasteiger charge is 2.43. The molecule has 0 saturated carbocycles. The monoisotopic (exact) mass is 520 g/mol. The van der Waals surface area contributed by atoms with E-state index in [1.54, 1.807) is 7.05 Å². The van der Waals surface area contributed by atoms with Gasteiger partial charge < -0.3 is 40.5 Å². The summed E-state index contributed by atoms with van der Waals surface area (Å²) in [5.41, 5.74) is 6.35. The predicted octanol–water partition coefficient (Wildman–Crippen LogP) is -0.558. The number of ether oxygens (including phenoxy) is 1. The first-order valence-electron chi connectivity index (χ1n) is 8.49. The number of phosphoric ester groups is 1. The molecule has 1 saturated heterocycles. The number of nitrogens with zero attached hydrogens (tertiary/aromatic N) is 4. The van der Waals surface area contributed by atoms with Crippen LogP contribution in [0.3, 0.4) is 0 Å². The molecule has 0 aliphatic carbocycles. The number of nitrogens with two attached hydrogens (primary N) is 1. The molecule has 3 rings (SSSR count). The van der Waals surface area contributed by atoms with E-state index in [1.807, 2.05) is 0 Å². The smallest absolute Gasteiger partial charge is 0.390 e. The quantitative estimate of drug-likeness (QED) is 0.204. The highest BCUT2D eigenvalue weighted by Crippen LogP contribution is 2.66. The van der Waals surface area contributed by atoms with Crippen molar-refractivity contribution in [3.8, 4) is 0 Å². The first-order chi connectivity index (χ1) is 14.7. The van der Waals surface area contributed by atoms with E-state index in [9.17, 15) is 23.7 Å². The summed E-state index contributed by atoms with van der Waals surface area (Å²) in [4.78, 5) is 47.9. The highest BCUT2D eigenvalue weighted by molar-refractivity contribution is 7.66. The summed E-state index contributed by atoms with van der Waals surface area (Å²) < 4.78 is 52.7. The van der Waals surface area contributed by atoms with E-state index in [1.165, 1.54) is 10.9 Å². The van der Waals surface area contributed by atoms with Gasteiger partial charge in [-0.05, 0) is 0 Å². The molecule has 3 heterocycles. The van der Waals surface area contributed by atoms with Crippen LogP contribution in [0, 0.1) is 0 Å². The van der Waals surface area contributed by atoms with Gasteiger partial charge in [0.15, 0.2) is 17.0 Å². The molecule has 0 aromatic carbocycles. The number of nitrogens with one attached hydrogen (secondary N) is 1. The molecule has 8 N–H and O–H groups in total. The molecule has 1 fully saturated rings. The first-order valence-corrected chi connectivity index (χ1v) is 13.0. The van der Waals surface area contributed by atoms with E-state index in [0.29, 0.717) is 0 Å². The molecule has 18 nitrogen and oxygen atoms in total. The van der Waals surface area contributed by atoms with Gasteiger partial charge in [-0.15, -0.1) is 0 Å². The highest BCUT2D eigenvalue weighted by atomic mass is 31.3. The number of aliphatic hydroxyl groups excluding tert-OH is 1. The largest absolute Gasteiger partial charge is 0.490 e. The number of hydrogen-bond donors (Lipinski definition) is 7. The maximum atomic E-state index is 11.9. The van der Waals surface area contributed by atoms with Crippen molar-refractivity contribution in [3.63, 3.8) is 0 Å². The van der Waals surface area contributed by atoms with Crippen molar-refractivity contribution in [1.29, 1.82) is 0 Å². The average molecular weight is 520 g/mol. The molecule has 180 valence electrons. The summed E-state index contributed by atoms with van der Waals surface area (Å²) in [6.07, 6.45) is -2.15. The second-order valence-corrected chi connectivity index (χ2v) is 10.7. The SMILES string of the molecule is CNc1nc2c(N)ncnc2n1C1CC(O)C(COP(=O)(O)OP(=O)(O)OP(=O)(O)O)O1. The van der Waals surface area contributed by atoms with Crippen molar-refractivity contribution in [3.05, 3.63) is 6.33 Å². The molecule has 0 radical (unpaired) electrons. The van der Waals surface area contributed by atoms with Gasteiger partial charge in [0.2, 0.25) is 5.95 Å². The Morgan fingerprint density at radius 2 is 1.91 bits per heavy atom. The van der Waals surface area contributed by atoms with Crippen LogP contribution >= 0.6 is 23.5 Å². The number of fused-ring (bicyclic) bond motifs is 1. The van der Waals surface area contributed by atoms with Crippen molar-refractivity contribution in [2.45, 2.75) is 24.9 Å².